The zero-order chi connectivity index (χ0) is 15.1. The second-order valence-electron chi connectivity index (χ2n) is 4.94. The SMILES string of the molecule is CN(C)[C@@H]1CCN(S(=O)(=O)c2ccc(Cl)c(F)c2Cl)C1. The van der Waals surface area contributed by atoms with Crippen LogP contribution in [0, 0.1) is 5.82 Å². The monoisotopic (exact) mass is 340 g/mol. The second kappa shape index (κ2) is 5.77. The normalized spacial score (nSPS) is 20.8. The van der Waals surface area contributed by atoms with Crippen molar-refractivity contribution in [1.82, 2.24) is 9.21 Å². The Balaban J connectivity index is 2.35. The van der Waals surface area contributed by atoms with Gasteiger partial charge in [-0.25, -0.2) is 12.8 Å². The van der Waals surface area contributed by atoms with Gasteiger partial charge in [0, 0.05) is 19.1 Å². The van der Waals surface area contributed by atoms with E-state index in [0.717, 1.165) is 6.42 Å². The molecule has 1 saturated heterocycles. The first-order valence-corrected chi connectivity index (χ1v) is 8.25. The van der Waals surface area contributed by atoms with E-state index in [4.69, 9.17) is 23.2 Å². The van der Waals surface area contributed by atoms with Crippen LogP contribution in [-0.4, -0.2) is 50.8 Å². The van der Waals surface area contributed by atoms with E-state index in [1.165, 1.54) is 16.4 Å². The molecule has 0 aromatic heterocycles. The number of hydrogen-bond acceptors (Lipinski definition) is 3. The molecule has 0 aliphatic carbocycles. The van der Waals surface area contributed by atoms with Crippen LogP contribution in [-0.2, 0) is 10.0 Å². The van der Waals surface area contributed by atoms with E-state index in [9.17, 15) is 12.8 Å². The summed E-state index contributed by atoms with van der Waals surface area (Å²) in [6, 6.07) is 2.60. The van der Waals surface area contributed by atoms with Gasteiger partial charge in [-0.1, -0.05) is 23.2 Å². The van der Waals surface area contributed by atoms with Gasteiger partial charge in [0.2, 0.25) is 10.0 Å². The minimum atomic E-state index is -3.80. The van der Waals surface area contributed by atoms with Crippen LogP contribution in [0.25, 0.3) is 0 Å². The third-order valence-electron chi connectivity index (χ3n) is 3.47. The molecule has 1 aromatic carbocycles. The van der Waals surface area contributed by atoms with Gasteiger partial charge in [0.1, 0.15) is 4.90 Å². The lowest BCUT2D eigenvalue weighted by Gasteiger charge is -2.20. The van der Waals surface area contributed by atoms with Crippen molar-refractivity contribution in [2.75, 3.05) is 27.2 Å². The van der Waals surface area contributed by atoms with E-state index in [-0.39, 0.29) is 16.0 Å². The van der Waals surface area contributed by atoms with Crippen LogP contribution in [0.15, 0.2) is 17.0 Å². The molecule has 8 heteroatoms. The fourth-order valence-electron chi connectivity index (χ4n) is 2.20. The summed E-state index contributed by atoms with van der Waals surface area (Å²) in [6.07, 6.45) is 0.736. The molecule has 0 amide bonds. The summed E-state index contributed by atoms with van der Waals surface area (Å²) in [5, 5.41) is -0.646. The van der Waals surface area contributed by atoms with Crippen molar-refractivity contribution >= 4 is 33.2 Å². The van der Waals surface area contributed by atoms with Crippen molar-refractivity contribution < 1.29 is 12.8 Å². The maximum absolute atomic E-state index is 13.7. The Morgan fingerprint density at radius 2 is 2.00 bits per heavy atom. The topological polar surface area (TPSA) is 40.6 Å². The number of benzene rings is 1. The smallest absolute Gasteiger partial charge is 0.244 e. The number of likely N-dealkylation sites (N-methyl/N-ethyl adjacent to an activating group) is 1. The van der Waals surface area contributed by atoms with E-state index in [1.807, 2.05) is 19.0 Å². The van der Waals surface area contributed by atoms with Crippen LogP contribution in [0.5, 0.6) is 0 Å². The van der Waals surface area contributed by atoms with Crippen LogP contribution in [0.4, 0.5) is 4.39 Å². The molecule has 20 heavy (non-hydrogen) atoms. The van der Waals surface area contributed by atoms with Crippen LogP contribution in [0.1, 0.15) is 6.42 Å². The molecular weight excluding hydrogens is 326 g/mol. The Labute approximate surface area is 128 Å². The predicted octanol–water partition coefficient (Wildman–Crippen LogP) is 2.46. The highest BCUT2D eigenvalue weighted by Gasteiger charge is 2.35. The van der Waals surface area contributed by atoms with Crippen LogP contribution >= 0.6 is 23.2 Å². The molecule has 1 fully saturated rings. The molecule has 1 heterocycles. The van der Waals surface area contributed by atoms with Crippen molar-refractivity contribution in [1.29, 1.82) is 0 Å². The molecule has 0 radical (unpaired) electrons. The lowest BCUT2D eigenvalue weighted by atomic mass is 10.2. The average molecular weight is 341 g/mol. The van der Waals surface area contributed by atoms with Crippen LogP contribution in [0.2, 0.25) is 10.0 Å². The molecule has 0 spiro atoms. The standard InChI is InChI=1S/C12H15Cl2FN2O2S/c1-16(2)8-5-6-17(7-8)20(18,19)10-4-3-9(13)12(15)11(10)14/h3-4,8H,5-7H2,1-2H3/t8-/m1/s1. The Morgan fingerprint density at radius 3 is 2.55 bits per heavy atom. The Morgan fingerprint density at radius 1 is 1.35 bits per heavy atom. The Bertz CT molecular complexity index is 622. The lowest BCUT2D eigenvalue weighted by molar-refractivity contribution is 0.302. The number of halogens is 3. The molecule has 0 unspecified atom stereocenters. The first kappa shape index (κ1) is 16.0. The molecule has 0 N–H and O–H groups in total. The second-order valence-corrected chi connectivity index (χ2v) is 7.63. The number of rotatable bonds is 3. The third-order valence-corrected chi connectivity index (χ3v) is 6.15. The molecule has 0 saturated carbocycles. The number of sulfonamides is 1. The Kier molecular flexibility index (Phi) is 4.61. The molecule has 1 aliphatic heterocycles. The first-order chi connectivity index (χ1) is 9.25. The van der Waals surface area contributed by atoms with Crippen molar-refractivity contribution in [3.63, 3.8) is 0 Å². The van der Waals surface area contributed by atoms with E-state index in [0.29, 0.717) is 13.1 Å². The van der Waals surface area contributed by atoms with E-state index < -0.39 is 20.9 Å². The summed E-state index contributed by atoms with van der Waals surface area (Å²) < 4.78 is 40.0. The maximum Gasteiger partial charge on any atom is 0.244 e. The zero-order valence-electron chi connectivity index (χ0n) is 11.1. The fraction of sp³-hybridized carbons (Fsp3) is 0.500. The lowest BCUT2D eigenvalue weighted by Crippen LogP contribution is -2.34. The summed E-state index contributed by atoms with van der Waals surface area (Å²) in [6.45, 7) is 0.766. The van der Waals surface area contributed by atoms with E-state index >= 15 is 0 Å². The highest BCUT2D eigenvalue weighted by atomic mass is 35.5. The van der Waals surface area contributed by atoms with Crippen molar-refractivity contribution in [3.05, 3.63) is 28.0 Å². The van der Waals surface area contributed by atoms with Gasteiger partial charge < -0.3 is 4.90 Å². The quantitative estimate of drug-likeness (QED) is 0.793. The van der Waals surface area contributed by atoms with Gasteiger partial charge >= 0.3 is 0 Å². The molecule has 112 valence electrons. The van der Waals surface area contributed by atoms with Crippen LogP contribution < -0.4 is 0 Å². The molecule has 4 nitrogen and oxygen atoms in total. The average Bonchev–Trinajstić information content (AvgIpc) is 2.86. The summed E-state index contributed by atoms with van der Waals surface area (Å²) in [4.78, 5) is 1.74. The molecule has 0 bridgehead atoms. The van der Waals surface area contributed by atoms with Gasteiger partial charge in [0.05, 0.1) is 10.0 Å². The largest absolute Gasteiger partial charge is 0.305 e. The van der Waals surface area contributed by atoms with Crippen LogP contribution in [0.3, 0.4) is 0 Å². The molecule has 2 rings (SSSR count). The Hall–Kier alpha value is -0.400. The maximum atomic E-state index is 13.7. The summed E-state index contributed by atoms with van der Waals surface area (Å²) >= 11 is 11.4. The van der Waals surface area contributed by atoms with Gasteiger partial charge in [0.25, 0.3) is 0 Å². The third kappa shape index (κ3) is 2.80. The highest BCUT2D eigenvalue weighted by Crippen LogP contribution is 2.32. The minimum absolute atomic E-state index is 0.153. The van der Waals surface area contributed by atoms with E-state index in [2.05, 4.69) is 0 Å². The summed E-state index contributed by atoms with van der Waals surface area (Å²) in [5.41, 5.74) is 0. The number of nitrogens with zero attached hydrogens (tertiary/aromatic N) is 2. The van der Waals surface area contributed by atoms with Crippen molar-refractivity contribution in [2.24, 2.45) is 0 Å². The van der Waals surface area contributed by atoms with Gasteiger partial charge in [0.15, 0.2) is 5.82 Å². The van der Waals surface area contributed by atoms with Gasteiger partial charge in [-0.15, -0.1) is 0 Å². The van der Waals surface area contributed by atoms with E-state index in [1.54, 1.807) is 0 Å². The molecule has 1 aromatic rings. The summed E-state index contributed by atoms with van der Waals surface area (Å²) in [5.74, 6) is -0.905. The predicted molar refractivity (Wildman–Crippen MR) is 77.3 cm³/mol. The molecule has 1 atom stereocenters. The van der Waals surface area contributed by atoms with Crippen molar-refractivity contribution in [2.45, 2.75) is 17.4 Å². The zero-order valence-corrected chi connectivity index (χ0v) is 13.4. The van der Waals surface area contributed by atoms with Gasteiger partial charge in [-0.2, -0.15) is 4.31 Å². The molecular formula is C12H15Cl2FN2O2S. The highest BCUT2D eigenvalue weighted by molar-refractivity contribution is 7.89. The van der Waals surface area contributed by atoms with Crippen molar-refractivity contribution in [3.8, 4) is 0 Å². The minimum Gasteiger partial charge on any atom is -0.305 e. The number of hydrogen-bond donors (Lipinski definition) is 0. The first-order valence-electron chi connectivity index (χ1n) is 6.05. The molecule has 1 aliphatic rings. The summed E-state index contributed by atoms with van der Waals surface area (Å²) in [7, 11) is -0.00192. The van der Waals surface area contributed by atoms with Gasteiger partial charge in [-0.05, 0) is 32.6 Å². The fourth-order valence-corrected chi connectivity index (χ4v) is 4.41. The van der Waals surface area contributed by atoms with Gasteiger partial charge in [-0.3, -0.25) is 0 Å².